The van der Waals surface area contributed by atoms with Crippen LogP contribution in [0.1, 0.15) is 67.7 Å². The number of hydrogen-bond donors (Lipinski definition) is 1. The minimum atomic E-state index is -5.05. The van der Waals surface area contributed by atoms with Crippen LogP contribution in [0.2, 0.25) is 0 Å². The van der Waals surface area contributed by atoms with E-state index in [1.54, 1.807) is 18.2 Å². The number of nitrogens with zero attached hydrogens (tertiary/aromatic N) is 1. The second-order valence-electron chi connectivity index (χ2n) is 12.7. The summed E-state index contributed by atoms with van der Waals surface area (Å²) in [5.74, 6) is -1.57. The Labute approximate surface area is 229 Å². The van der Waals surface area contributed by atoms with E-state index in [0.29, 0.717) is 70.4 Å². The molecule has 3 fully saturated rings. The van der Waals surface area contributed by atoms with Gasteiger partial charge in [0.05, 0.1) is 5.92 Å². The Morgan fingerprint density at radius 2 is 1.65 bits per heavy atom. The van der Waals surface area contributed by atoms with Crippen LogP contribution >= 0.6 is 0 Å². The standard InChI is InChI=1S/C31H32F5NO3/c1-28(33,31(34,35)36)22-5-8-24-19(12-22)4-9-25-30(24,13-18-2-6-23(32)7-3-18)10-11-37(25)26(38)20-14-29(15-20)16-21(17-29)27(39)40/h2-3,5-8,12,20-21,25H,4,9-11,13-17H2,1H3,(H,39,40)/t20?,21?,25-,28?,29?,30-/m1/s1. The number of hydrogen-bond acceptors (Lipinski definition) is 2. The van der Waals surface area contributed by atoms with Gasteiger partial charge in [0.1, 0.15) is 5.82 Å². The highest BCUT2D eigenvalue weighted by Gasteiger charge is 2.60. The molecule has 0 aromatic heterocycles. The Morgan fingerprint density at radius 3 is 2.27 bits per heavy atom. The molecule has 1 heterocycles. The fourth-order valence-corrected chi connectivity index (χ4v) is 8.14. The molecule has 3 atom stereocenters. The highest BCUT2D eigenvalue weighted by atomic mass is 19.4. The van der Waals surface area contributed by atoms with E-state index < -0.39 is 28.8 Å². The summed E-state index contributed by atoms with van der Waals surface area (Å²) in [6, 6.07) is 10.1. The molecule has 214 valence electrons. The molecule has 2 aromatic rings. The van der Waals surface area contributed by atoms with Crippen LogP contribution in [0.15, 0.2) is 42.5 Å². The fourth-order valence-electron chi connectivity index (χ4n) is 8.14. The summed E-state index contributed by atoms with van der Waals surface area (Å²) in [5, 5.41) is 9.24. The van der Waals surface area contributed by atoms with E-state index in [4.69, 9.17) is 0 Å². The third-order valence-electron chi connectivity index (χ3n) is 10.3. The van der Waals surface area contributed by atoms with Gasteiger partial charge < -0.3 is 10.0 Å². The molecule has 3 aliphatic carbocycles. The van der Waals surface area contributed by atoms with E-state index in [1.165, 1.54) is 24.3 Å². The predicted octanol–water partition coefficient (Wildman–Crippen LogP) is 6.49. The molecule has 0 bridgehead atoms. The Morgan fingerprint density at radius 1 is 1.00 bits per heavy atom. The summed E-state index contributed by atoms with van der Waals surface area (Å²) in [7, 11) is 0. The number of rotatable bonds is 5. The first kappa shape index (κ1) is 27.2. The van der Waals surface area contributed by atoms with E-state index in [2.05, 4.69) is 0 Å². The SMILES string of the molecule is CC(F)(c1ccc2c(c1)CC[C@H]1N(C(=O)C3CC4(CC(C(=O)O)C4)C3)CC[C@@]21Cc1ccc(F)cc1)C(F)(F)F. The average Bonchev–Trinajstić information content (AvgIpc) is 3.21. The van der Waals surface area contributed by atoms with Crippen molar-refractivity contribution in [3.8, 4) is 0 Å². The van der Waals surface area contributed by atoms with Crippen molar-refractivity contribution < 1.29 is 36.6 Å². The summed E-state index contributed by atoms with van der Waals surface area (Å²) in [6.45, 7) is 1.04. The quantitative estimate of drug-likeness (QED) is 0.425. The summed E-state index contributed by atoms with van der Waals surface area (Å²) in [6.07, 6.45) is -0.398. The number of halogens is 5. The number of aryl methyl sites for hydroxylation is 1. The lowest BCUT2D eigenvalue weighted by Gasteiger charge is -2.57. The molecule has 4 aliphatic rings. The smallest absolute Gasteiger partial charge is 0.426 e. The molecule has 1 N–H and O–H groups in total. The number of carboxylic acids is 1. The number of amides is 1. The van der Waals surface area contributed by atoms with Gasteiger partial charge in [0, 0.05) is 23.9 Å². The highest BCUT2D eigenvalue weighted by molar-refractivity contribution is 5.82. The Kier molecular flexibility index (Phi) is 6.13. The van der Waals surface area contributed by atoms with Gasteiger partial charge in [-0.15, -0.1) is 0 Å². The first-order valence-electron chi connectivity index (χ1n) is 13.9. The van der Waals surface area contributed by atoms with Crippen molar-refractivity contribution >= 4 is 11.9 Å². The molecule has 1 unspecified atom stereocenters. The van der Waals surface area contributed by atoms with Gasteiger partial charge in [0.15, 0.2) is 0 Å². The molecule has 1 aliphatic heterocycles. The van der Waals surface area contributed by atoms with Crippen LogP contribution in [0.25, 0.3) is 0 Å². The number of carbonyl (C=O) groups excluding carboxylic acids is 1. The maximum atomic E-state index is 14.9. The minimum absolute atomic E-state index is 0.0403. The van der Waals surface area contributed by atoms with Gasteiger partial charge >= 0.3 is 12.1 Å². The van der Waals surface area contributed by atoms with Crippen LogP contribution in [0.5, 0.6) is 0 Å². The number of fused-ring (bicyclic) bond motifs is 3. The number of carboxylic acid groups (broad SMARTS) is 1. The molecule has 1 amide bonds. The maximum Gasteiger partial charge on any atom is 0.426 e. The van der Waals surface area contributed by atoms with E-state index >= 15 is 0 Å². The zero-order valence-electron chi connectivity index (χ0n) is 22.2. The normalized spacial score (nSPS) is 32.5. The van der Waals surface area contributed by atoms with E-state index in [-0.39, 0.29) is 35.0 Å². The van der Waals surface area contributed by atoms with Gasteiger partial charge in [-0.1, -0.05) is 30.3 Å². The summed E-state index contributed by atoms with van der Waals surface area (Å²) >= 11 is 0. The van der Waals surface area contributed by atoms with Crippen molar-refractivity contribution in [3.05, 3.63) is 70.5 Å². The zero-order valence-corrected chi connectivity index (χ0v) is 22.2. The van der Waals surface area contributed by atoms with Crippen molar-refractivity contribution in [1.29, 1.82) is 0 Å². The zero-order chi connectivity index (χ0) is 28.7. The lowest BCUT2D eigenvalue weighted by Crippen LogP contribution is -2.56. The maximum absolute atomic E-state index is 14.9. The van der Waals surface area contributed by atoms with Gasteiger partial charge in [-0.25, -0.2) is 8.78 Å². The lowest BCUT2D eigenvalue weighted by atomic mass is 9.48. The van der Waals surface area contributed by atoms with Crippen molar-refractivity contribution in [2.24, 2.45) is 17.3 Å². The largest absolute Gasteiger partial charge is 0.481 e. The molecule has 40 heavy (non-hydrogen) atoms. The lowest BCUT2D eigenvalue weighted by molar-refractivity contribution is -0.228. The second-order valence-corrected chi connectivity index (χ2v) is 12.7. The Hall–Kier alpha value is -2.97. The van der Waals surface area contributed by atoms with Gasteiger partial charge in [-0.3, -0.25) is 9.59 Å². The molecule has 4 nitrogen and oxygen atoms in total. The monoisotopic (exact) mass is 561 g/mol. The molecule has 9 heteroatoms. The molecule has 2 saturated carbocycles. The van der Waals surface area contributed by atoms with Crippen molar-refractivity contribution in [2.75, 3.05) is 6.54 Å². The Balaban J connectivity index is 1.30. The van der Waals surface area contributed by atoms with Gasteiger partial charge in [-0.2, -0.15) is 13.2 Å². The van der Waals surface area contributed by atoms with Gasteiger partial charge in [0.2, 0.25) is 11.6 Å². The first-order valence-corrected chi connectivity index (χ1v) is 13.9. The van der Waals surface area contributed by atoms with Gasteiger partial charge in [0.25, 0.3) is 0 Å². The van der Waals surface area contributed by atoms with E-state index in [9.17, 15) is 36.6 Å². The van der Waals surface area contributed by atoms with Crippen LogP contribution in [-0.2, 0) is 33.5 Å². The van der Waals surface area contributed by atoms with Crippen LogP contribution < -0.4 is 0 Å². The fraction of sp³-hybridized carbons (Fsp3) is 0.548. The van der Waals surface area contributed by atoms with Gasteiger partial charge in [-0.05, 0) is 98.1 Å². The summed E-state index contributed by atoms with van der Waals surface area (Å²) < 4.78 is 69.0. The molecule has 6 rings (SSSR count). The second kappa shape index (κ2) is 9.02. The first-order chi connectivity index (χ1) is 18.7. The van der Waals surface area contributed by atoms with Crippen molar-refractivity contribution in [3.63, 3.8) is 0 Å². The molecule has 0 radical (unpaired) electrons. The Bertz CT molecular complexity index is 1340. The molecule has 1 saturated heterocycles. The van der Waals surface area contributed by atoms with Crippen LogP contribution in [0.4, 0.5) is 22.0 Å². The topological polar surface area (TPSA) is 57.6 Å². The summed E-state index contributed by atoms with van der Waals surface area (Å²) in [5.41, 5.74) is -2.19. The number of alkyl halides is 4. The van der Waals surface area contributed by atoms with Crippen LogP contribution in [0, 0.1) is 23.1 Å². The van der Waals surface area contributed by atoms with Crippen LogP contribution in [0.3, 0.4) is 0 Å². The number of carbonyl (C=O) groups is 2. The molecular weight excluding hydrogens is 529 g/mol. The van der Waals surface area contributed by atoms with E-state index in [1.807, 2.05) is 4.90 Å². The van der Waals surface area contributed by atoms with E-state index in [0.717, 1.165) is 11.1 Å². The number of likely N-dealkylation sites (tertiary alicyclic amines) is 1. The molecular formula is C31H32F5NO3. The third kappa shape index (κ3) is 4.14. The van der Waals surface area contributed by atoms with Crippen LogP contribution in [-0.4, -0.2) is 40.6 Å². The molecule has 1 spiro atoms. The highest BCUT2D eigenvalue weighted by Crippen LogP contribution is 2.62. The molecule has 2 aromatic carbocycles. The number of benzene rings is 2. The third-order valence-corrected chi connectivity index (χ3v) is 10.3. The minimum Gasteiger partial charge on any atom is -0.481 e. The number of aliphatic carboxylic acids is 1. The average molecular weight is 562 g/mol. The summed E-state index contributed by atoms with van der Waals surface area (Å²) in [4.78, 5) is 26.9. The predicted molar refractivity (Wildman–Crippen MR) is 137 cm³/mol. The van der Waals surface area contributed by atoms with Crippen molar-refractivity contribution in [2.45, 2.75) is 81.6 Å². The van der Waals surface area contributed by atoms with Crippen molar-refractivity contribution in [1.82, 2.24) is 4.90 Å².